The van der Waals surface area contributed by atoms with Crippen LogP contribution in [0.3, 0.4) is 0 Å². The molecule has 0 bridgehead atoms. The minimum atomic E-state index is -0.436. The summed E-state index contributed by atoms with van der Waals surface area (Å²) in [7, 11) is 1.55. The molecule has 2 rings (SSSR count). The third-order valence-electron chi connectivity index (χ3n) is 3.54. The van der Waals surface area contributed by atoms with Gasteiger partial charge >= 0.3 is 0 Å². The molecule has 0 atom stereocenters. The fourth-order valence-electron chi connectivity index (χ4n) is 2.23. The first kappa shape index (κ1) is 19.7. The molecule has 1 N–H and O–H groups in total. The van der Waals surface area contributed by atoms with Crippen molar-refractivity contribution < 1.29 is 18.7 Å². The predicted octanol–water partition coefficient (Wildman–Crippen LogP) is 3.74. The monoisotopic (exact) mass is 378 g/mol. The second kappa shape index (κ2) is 9.77. The van der Waals surface area contributed by atoms with Crippen LogP contribution < -0.4 is 10.1 Å². The molecule has 0 saturated carbocycles. The van der Waals surface area contributed by atoms with E-state index in [4.69, 9.17) is 16.3 Å². The van der Waals surface area contributed by atoms with E-state index < -0.39 is 5.82 Å². The average molecular weight is 379 g/mol. The Morgan fingerprint density at radius 3 is 2.69 bits per heavy atom. The summed E-state index contributed by atoms with van der Waals surface area (Å²) >= 11 is 5.86. The zero-order valence-electron chi connectivity index (χ0n) is 14.4. The summed E-state index contributed by atoms with van der Waals surface area (Å²) in [4.78, 5) is 25.4. The number of hydrogen-bond acceptors (Lipinski definition) is 3. The van der Waals surface area contributed by atoms with Crippen molar-refractivity contribution >= 4 is 29.1 Å². The first-order chi connectivity index (χ1) is 12.5. The number of halogens is 2. The maximum absolute atomic E-state index is 13.4. The van der Waals surface area contributed by atoms with Crippen LogP contribution in [0, 0.1) is 5.82 Å². The first-order valence-corrected chi connectivity index (χ1v) is 8.50. The largest absolute Gasteiger partial charge is 0.491 e. The third kappa shape index (κ3) is 6.37. The fourth-order valence-corrected chi connectivity index (χ4v) is 2.42. The fraction of sp³-hybridized carbons (Fsp3) is 0.263. The quantitative estimate of drug-likeness (QED) is 0.712. The molecule has 0 fully saturated rings. The van der Waals surface area contributed by atoms with E-state index in [2.05, 4.69) is 5.32 Å². The minimum Gasteiger partial charge on any atom is -0.491 e. The van der Waals surface area contributed by atoms with Gasteiger partial charge in [0, 0.05) is 24.2 Å². The normalized spacial score (nSPS) is 10.3. The van der Waals surface area contributed by atoms with Crippen LogP contribution >= 0.6 is 11.6 Å². The predicted molar refractivity (Wildman–Crippen MR) is 98.8 cm³/mol. The van der Waals surface area contributed by atoms with Gasteiger partial charge in [0.05, 0.1) is 13.2 Å². The van der Waals surface area contributed by atoms with Crippen LogP contribution in [0.1, 0.15) is 12.8 Å². The number of nitrogens with one attached hydrogen (secondary N) is 1. The number of carbonyl (C=O) groups excluding carboxylic acids is 2. The zero-order chi connectivity index (χ0) is 18.9. The van der Waals surface area contributed by atoms with Crippen molar-refractivity contribution in [3.8, 4) is 5.75 Å². The van der Waals surface area contributed by atoms with E-state index >= 15 is 0 Å². The van der Waals surface area contributed by atoms with E-state index in [1.165, 1.54) is 17.0 Å². The Labute approximate surface area is 156 Å². The van der Waals surface area contributed by atoms with Gasteiger partial charge in [-0.25, -0.2) is 4.39 Å². The molecule has 0 aliphatic carbocycles. The molecule has 0 saturated heterocycles. The van der Waals surface area contributed by atoms with Crippen molar-refractivity contribution in [3.63, 3.8) is 0 Å². The van der Waals surface area contributed by atoms with Crippen molar-refractivity contribution in [2.45, 2.75) is 12.8 Å². The molecule has 138 valence electrons. The molecule has 26 heavy (non-hydrogen) atoms. The Balaban J connectivity index is 1.70. The first-order valence-electron chi connectivity index (χ1n) is 8.12. The van der Waals surface area contributed by atoms with Gasteiger partial charge < -0.3 is 15.0 Å². The van der Waals surface area contributed by atoms with E-state index in [-0.39, 0.29) is 37.1 Å². The highest BCUT2D eigenvalue weighted by atomic mass is 35.5. The number of benzene rings is 2. The van der Waals surface area contributed by atoms with E-state index in [1.807, 2.05) is 0 Å². The van der Waals surface area contributed by atoms with Gasteiger partial charge in [0.15, 0.2) is 11.6 Å². The Morgan fingerprint density at radius 2 is 1.96 bits per heavy atom. The number of carbonyl (C=O) groups is 2. The molecule has 0 radical (unpaired) electrons. The summed E-state index contributed by atoms with van der Waals surface area (Å²) in [5.41, 5.74) is 0.571. The standard InChI is InChI=1S/C19H20ClFN2O3/c1-23(13-18(24)22-15-7-4-6-14(20)12-15)19(25)10-5-11-26-17-9-3-2-8-16(17)21/h2-4,6-9,12H,5,10-11,13H2,1H3,(H,22,24). The lowest BCUT2D eigenvalue weighted by Crippen LogP contribution is -2.34. The lowest BCUT2D eigenvalue weighted by atomic mass is 10.3. The van der Waals surface area contributed by atoms with Gasteiger partial charge in [0.25, 0.3) is 0 Å². The van der Waals surface area contributed by atoms with E-state index in [0.717, 1.165) is 0 Å². The van der Waals surface area contributed by atoms with Gasteiger partial charge in [-0.1, -0.05) is 29.8 Å². The highest BCUT2D eigenvalue weighted by Crippen LogP contribution is 2.16. The molecule has 0 heterocycles. The lowest BCUT2D eigenvalue weighted by molar-refractivity contribution is -0.133. The second-order valence-corrected chi connectivity index (χ2v) is 6.13. The molecule has 2 aromatic carbocycles. The molecule has 5 nitrogen and oxygen atoms in total. The van der Waals surface area contributed by atoms with Gasteiger partial charge in [-0.3, -0.25) is 9.59 Å². The number of nitrogens with zero attached hydrogens (tertiary/aromatic N) is 1. The van der Waals surface area contributed by atoms with Crippen LogP contribution in [0.2, 0.25) is 5.02 Å². The minimum absolute atomic E-state index is 0.0699. The smallest absolute Gasteiger partial charge is 0.243 e. The maximum atomic E-state index is 13.4. The van der Waals surface area contributed by atoms with Gasteiger partial charge in [-0.05, 0) is 36.8 Å². The molecule has 0 unspecified atom stereocenters. The number of likely N-dealkylation sites (N-methyl/N-ethyl adjacent to an activating group) is 1. The van der Waals surface area contributed by atoms with Gasteiger partial charge in [-0.2, -0.15) is 0 Å². The number of amides is 2. The topological polar surface area (TPSA) is 58.6 Å². The van der Waals surface area contributed by atoms with Crippen LogP contribution in [0.25, 0.3) is 0 Å². The van der Waals surface area contributed by atoms with Crippen LogP contribution in [0.4, 0.5) is 10.1 Å². The van der Waals surface area contributed by atoms with Gasteiger partial charge in [-0.15, -0.1) is 0 Å². The molecule has 7 heteroatoms. The summed E-state index contributed by atoms with van der Waals surface area (Å²) in [6, 6.07) is 12.9. The number of hydrogen-bond donors (Lipinski definition) is 1. The summed E-state index contributed by atoms with van der Waals surface area (Å²) in [5, 5.41) is 3.20. The van der Waals surface area contributed by atoms with Gasteiger partial charge in [0.2, 0.25) is 11.8 Å². The van der Waals surface area contributed by atoms with Crippen LogP contribution in [0.15, 0.2) is 48.5 Å². The Bertz CT molecular complexity index is 770. The molecular weight excluding hydrogens is 359 g/mol. The average Bonchev–Trinajstić information content (AvgIpc) is 2.59. The van der Waals surface area contributed by atoms with Crippen molar-refractivity contribution in [2.75, 3.05) is 25.5 Å². The van der Waals surface area contributed by atoms with E-state index in [1.54, 1.807) is 43.4 Å². The molecule has 2 amide bonds. The number of rotatable bonds is 8. The Hall–Kier alpha value is -2.60. The number of para-hydroxylation sites is 1. The molecular formula is C19H20ClFN2O3. The van der Waals surface area contributed by atoms with Crippen molar-refractivity contribution in [2.24, 2.45) is 0 Å². The highest BCUT2D eigenvalue weighted by Gasteiger charge is 2.13. The van der Waals surface area contributed by atoms with Gasteiger partial charge in [0.1, 0.15) is 0 Å². The van der Waals surface area contributed by atoms with Crippen molar-refractivity contribution in [3.05, 3.63) is 59.4 Å². The molecule has 0 aliphatic rings. The molecule has 0 aliphatic heterocycles. The molecule has 0 aromatic heterocycles. The maximum Gasteiger partial charge on any atom is 0.243 e. The van der Waals surface area contributed by atoms with Crippen LogP contribution in [-0.4, -0.2) is 36.9 Å². The van der Waals surface area contributed by atoms with Crippen LogP contribution in [-0.2, 0) is 9.59 Å². The third-order valence-corrected chi connectivity index (χ3v) is 3.78. The summed E-state index contributed by atoms with van der Waals surface area (Å²) in [6.45, 7) is 0.148. The summed E-state index contributed by atoms with van der Waals surface area (Å²) in [5.74, 6) is -0.781. The highest BCUT2D eigenvalue weighted by molar-refractivity contribution is 6.30. The molecule has 0 spiro atoms. The van der Waals surface area contributed by atoms with Crippen LogP contribution in [0.5, 0.6) is 5.75 Å². The molecule has 2 aromatic rings. The van der Waals surface area contributed by atoms with Crippen molar-refractivity contribution in [1.29, 1.82) is 0 Å². The second-order valence-electron chi connectivity index (χ2n) is 5.69. The van der Waals surface area contributed by atoms with E-state index in [0.29, 0.717) is 17.1 Å². The summed E-state index contributed by atoms with van der Waals surface area (Å²) in [6.07, 6.45) is 0.628. The van der Waals surface area contributed by atoms with E-state index in [9.17, 15) is 14.0 Å². The van der Waals surface area contributed by atoms with Crippen molar-refractivity contribution in [1.82, 2.24) is 4.90 Å². The Kier molecular flexibility index (Phi) is 7.41. The Morgan fingerprint density at radius 1 is 1.19 bits per heavy atom. The zero-order valence-corrected chi connectivity index (χ0v) is 15.1. The SMILES string of the molecule is CN(CC(=O)Nc1cccc(Cl)c1)C(=O)CCCOc1ccccc1F. The number of ether oxygens (including phenoxy) is 1. The lowest BCUT2D eigenvalue weighted by Gasteiger charge is -2.17. The summed E-state index contributed by atoms with van der Waals surface area (Å²) < 4.78 is 18.7. The number of anilines is 1.